The summed E-state index contributed by atoms with van der Waals surface area (Å²) in [6, 6.07) is 8.47. The topological polar surface area (TPSA) is 263 Å². The number of furan rings is 2. The zero-order chi connectivity index (χ0) is 46.9. The number of hydrogen-bond acceptors (Lipinski definition) is 20. The van der Waals surface area contributed by atoms with Crippen molar-refractivity contribution in [1.29, 1.82) is 5.26 Å². The number of hydrogen-bond donors (Lipinski definition) is 4. The van der Waals surface area contributed by atoms with Gasteiger partial charge in [-0.25, -0.2) is 9.59 Å². The van der Waals surface area contributed by atoms with E-state index < -0.39 is 71.7 Å². The van der Waals surface area contributed by atoms with Crippen molar-refractivity contribution in [2.24, 2.45) is 5.73 Å². The van der Waals surface area contributed by atoms with Crippen LogP contribution in [0.4, 0.5) is 0 Å². The third kappa shape index (κ3) is 10.8. The predicted octanol–water partition coefficient (Wildman–Crippen LogP) is 1.08. The first-order valence-electron chi connectivity index (χ1n) is 23.0. The summed E-state index contributed by atoms with van der Waals surface area (Å²) in [5.74, 6) is -5.53. The molecule has 9 rings (SSSR count). The lowest BCUT2D eigenvalue weighted by Gasteiger charge is -2.45. The van der Waals surface area contributed by atoms with Gasteiger partial charge < -0.3 is 72.9 Å². The second-order valence-corrected chi connectivity index (χ2v) is 19.1. The second-order valence-electron chi connectivity index (χ2n) is 19.1. The maximum absolute atomic E-state index is 12.6. The Kier molecular flexibility index (Phi) is 14.6. The predicted molar refractivity (Wildman–Crippen MR) is 227 cm³/mol. The summed E-state index contributed by atoms with van der Waals surface area (Å²) in [4.78, 5) is 43.2. The number of amides is 1. The minimum absolute atomic E-state index is 0.00307. The molecule has 7 fully saturated rings. The van der Waals surface area contributed by atoms with Gasteiger partial charge in [-0.3, -0.25) is 14.6 Å². The maximum Gasteiger partial charge on any atom is 0.374 e. The highest BCUT2D eigenvalue weighted by atomic mass is 16.9. The highest BCUT2D eigenvalue weighted by Gasteiger charge is 2.64. The maximum atomic E-state index is 12.6. The van der Waals surface area contributed by atoms with Gasteiger partial charge in [-0.05, 0) is 117 Å². The first kappa shape index (κ1) is 48.4. The number of nitrogens with two attached hydrogens (primary N) is 1. The second kappa shape index (κ2) is 19.9. The Balaban J connectivity index is 0.000000188. The highest BCUT2D eigenvalue weighted by molar-refractivity contribution is 5.86. The third-order valence-electron chi connectivity index (χ3n) is 13.2. The van der Waals surface area contributed by atoms with Crippen LogP contribution in [-0.4, -0.2) is 186 Å². The molecule has 2 aromatic rings. The molecule has 0 unspecified atom stereocenters. The van der Waals surface area contributed by atoms with E-state index in [1.165, 1.54) is 24.7 Å². The number of nitriles is 1. The molecule has 0 bridgehead atoms. The van der Waals surface area contributed by atoms with E-state index in [2.05, 4.69) is 21.2 Å². The summed E-state index contributed by atoms with van der Waals surface area (Å²) >= 11 is 0. The third-order valence-corrected chi connectivity index (χ3v) is 13.2. The number of rotatable bonds is 11. The Bertz CT molecular complexity index is 2000. The molecule has 9 atom stereocenters. The van der Waals surface area contributed by atoms with Crippen molar-refractivity contribution >= 4 is 17.8 Å². The molecule has 0 aromatic carbocycles. The number of carbonyl (C=O) groups excluding carboxylic acids is 3. The minimum atomic E-state index is -1.21. The Morgan fingerprint density at radius 1 is 0.773 bits per heavy atom. The van der Waals surface area contributed by atoms with Gasteiger partial charge in [-0.1, -0.05) is 0 Å². The average Bonchev–Trinajstić information content (AvgIpc) is 4.14. The molecule has 7 saturated heterocycles. The molecule has 0 spiro atoms. The largest absolute Gasteiger partial charge is 0.457 e. The summed E-state index contributed by atoms with van der Waals surface area (Å²) in [5.41, 5.74) is 6.00. The molecule has 21 nitrogen and oxygen atoms in total. The number of likely N-dealkylation sites (tertiary alicyclic amines) is 3. The molecular weight excluding hydrogens is 865 g/mol. The number of aliphatic hydroxyl groups is 2. The lowest BCUT2D eigenvalue weighted by atomic mass is 9.95. The first-order chi connectivity index (χ1) is 31.5. The molecule has 0 saturated carbocycles. The average molecular weight is 929 g/mol. The van der Waals surface area contributed by atoms with Crippen molar-refractivity contribution in [2.45, 2.75) is 144 Å². The number of piperidine rings is 2. The van der Waals surface area contributed by atoms with Gasteiger partial charge in [0.05, 0.1) is 51.4 Å². The van der Waals surface area contributed by atoms with Crippen LogP contribution in [-0.2, 0) is 42.7 Å². The van der Waals surface area contributed by atoms with Gasteiger partial charge in [0.15, 0.2) is 23.8 Å². The standard InChI is InChI=1S/C26H36N4O8.C19H28N2O7/c1-25(2)37-23-22(32)20(36-24(33)19-6-4-12-34-19)15-35-26(23,38-25)16-29-10-7-17(8-11-29)28-14-21(31)30-9-3-5-18(30)13-27;1-18(2)27-16-15(22)14(26-17(23)13-4-3-9-24-13)10-25-19(16,28-18)11-21-7-5-12(20)6-8-21/h4,6,12,17-18,20,22-23,28,32H,3,5,7-11,14-16H2,1-2H3;3-4,9,12,14-16,22H,5-8,10-11,20H2,1-2H3/t18-,20+,22+,23-,26-;14-,15-,16+,19+/m01/s1. The SMILES string of the molecule is CC1(C)O[C@H]2[C@H](O)[C@H](OC(=O)c3ccco3)CO[C@@]2(CN2CCC(N)CC2)O1.CC1(C)O[C@H]2[C@H](O)[C@H](OC(=O)c3ccco3)CO[C@@]2(CN2CCC(NCC(=O)N3CCC[C@H]3C#N)CC2)O1. The van der Waals surface area contributed by atoms with Crippen LogP contribution >= 0.6 is 0 Å². The number of nitrogens with one attached hydrogen (secondary N) is 1. The normalized spacial score (nSPS) is 34.7. The molecule has 5 N–H and O–H groups in total. The van der Waals surface area contributed by atoms with Crippen LogP contribution in [0.15, 0.2) is 45.6 Å². The fourth-order valence-electron chi connectivity index (χ4n) is 9.99. The van der Waals surface area contributed by atoms with Crippen LogP contribution in [0.1, 0.15) is 87.3 Å². The van der Waals surface area contributed by atoms with E-state index >= 15 is 0 Å². The summed E-state index contributed by atoms with van der Waals surface area (Å²) in [7, 11) is 0. The quantitative estimate of drug-likeness (QED) is 0.230. The van der Waals surface area contributed by atoms with Crippen LogP contribution in [0.5, 0.6) is 0 Å². The number of aliphatic hydroxyl groups excluding tert-OH is 2. The molecule has 0 radical (unpaired) electrons. The monoisotopic (exact) mass is 928 g/mol. The Labute approximate surface area is 383 Å². The van der Waals surface area contributed by atoms with Crippen molar-refractivity contribution in [2.75, 3.05) is 65.6 Å². The van der Waals surface area contributed by atoms with Crippen molar-refractivity contribution < 1.29 is 71.3 Å². The molecule has 2 aromatic heterocycles. The Hall–Kier alpha value is -4.02. The van der Waals surface area contributed by atoms with Gasteiger partial charge in [0, 0.05) is 18.6 Å². The molecule has 0 aliphatic carbocycles. The van der Waals surface area contributed by atoms with E-state index in [0.717, 1.165) is 64.7 Å². The number of nitrogens with zero attached hydrogens (tertiary/aromatic N) is 4. The number of esters is 2. The van der Waals surface area contributed by atoms with Crippen molar-refractivity contribution in [3.8, 4) is 6.07 Å². The summed E-state index contributed by atoms with van der Waals surface area (Å²) in [6.45, 7) is 11.9. The van der Waals surface area contributed by atoms with Crippen LogP contribution in [0, 0.1) is 11.3 Å². The lowest BCUT2D eigenvalue weighted by molar-refractivity contribution is -0.297. The van der Waals surface area contributed by atoms with Gasteiger partial charge in [0.25, 0.3) is 0 Å². The van der Waals surface area contributed by atoms with Crippen molar-refractivity contribution in [1.82, 2.24) is 20.0 Å². The summed E-state index contributed by atoms with van der Waals surface area (Å²) in [6.07, 6.45) is 2.10. The fourth-order valence-corrected chi connectivity index (χ4v) is 9.99. The van der Waals surface area contributed by atoms with E-state index in [9.17, 15) is 29.9 Å². The van der Waals surface area contributed by atoms with Gasteiger partial charge in [0.1, 0.15) is 30.5 Å². The highest BCUT2D eigenvalue weighted by Crippen LogP contribution is 2.45. The van der Waals surface area contributed by atoms with Gasteiger partial charge in [0.2, 0.25) is 29.0 Å². The number of carbonyl (C=O) groups is 3. The van der Waals surface area contributed by atoms with E-state index in [0.29, 0.717) is 19.6 Å². The number of ether oxygens (including phenoxy) is 8. The van der Waals surface area contributed by atoms with Gasteiger partial charge >= 0.3 is 11.9 Å². The van der Waals surface area contributed by atoms with E-state index in [-0.39, 0.29) is 55.3 Å². The molecule has 9 heterocycles. The zero-order valence-electron chi connectivity index (χ0n) is 38.0. The van der Waals surface area contributed by atoms with Gasteiger partial charge in [-0.2, -0.15) is 5.26 Å². The molecule has 7 aliphatic heterocycles. The van der Waals surface area contributed by atoms with E-state index in [1.54, 1.807) is 44.7 Å². The summed E-state index contributed by atoms with van der Waals surface area (Å²) < 4.78 is 57.6. The Morgan fingerprint density at radius 3 is 1.71 bits per heavy atom. The van der Waals surface area contributed by atoms with Crippen LogP contribution in [0.3, 0.4) is 0 Å². The fraction of sp³-hybridized carbons (Fsp3) is 0.733. The summed E-state index contributed by atoms with van der Waals surface area (Å²) in [5, 5.41) is 34.6. The van der Waals surface area contributed by atoms with Gasteiger partial charge in [-0.15, -0.1) is 0 Å². The van der Waals surface area contributed by atoms with Crippen molar-refractivity contribution in [3.63, 3.8) is 0 Å². The number of fused-ring (bicyclic) bond motifs is 2. The molecule has 364 valence electrons. The van der Waals surface area contributed by atoms with Crippen LogP contribution in [0.25, 0.3) is 0 Å². The van der Waals surface area contributed by atoms with Crippen LogP contribution in [0.2, 0.25) is 0 Å². The molecule has 1 amide bonds. The minimum Gasteiger partial charge on any atom is -0.457 e. The van der Waals surface area contributed by atoms with E-state index in [4.69, 9.17) is 52.5 Å². The van der Waals surface area contributed by atoms with Crippen LogP contribution < -0.4 is 11.1 Å². The smallest absolute Gasteiger partial charge is 0.374 e. The zero-order valence-corrected chi connectivity index (χ0v) is 38.0. The van der Waals surface area contributed by atoms with Crippen molar-refractivity contribution in [3.05, 3.63) is 48.3 Å². The molecular formula is C45H64N6O15. The molecule has 21 heteroatoms. The first-order valence-corrected chi connectivity index (χ1v) is 23.0. The Morgan fingerprint density at radius 2 is 1.26 bits per heavy atom. The lowest BCUT2D eigenvalue weighted by Crippen LogP contribution is -2.64. The van der Waals surface area contributed by atoms with E-state index in [1.807, 2.05) is 0 Å². The molecule has 7 aliphatic rings. The molecule has 66 heavy (non-hydrogen) atoms.